The van der Waals surface area contributed by atoms with E-state index in [1.807, 2.05) is 44.2 Å². The molecule has 0 atom stereocenters. The normalized spacial score (nSPS) is 16.2. The van der Waals surface area contributed by atoms with Crippen molar-refractivity contribution in [2.75, 3.05) is 0 Å². The minimum absolute atomic E-state index is 0.103. The van der Waals surface area contributed by atoms with Gasteiger partial charge >= 0.3 is 0 Å². The third kappa shape index (κ3) is 2.05. The largest absolute Gasteiger partial charge is 0.466 e. The third-order valence-electron chi connectivity index (χ3n) is 2.91. The average Bonchev–Trinajstić information content (AvgIpc) is 2.37. The first kappa shape index (κ1) is 11.7. The molecule has 0 aliphatic carbocycles. The van der Waals surface area contributed by atoms with Crippen molar-refractivity contribution in [1.82, 2.24) is 4.57 Å². The Morgan fingerprint density at radius 2 is 1.84 bits per heavy atom. The van der Waals surface area contributed by atoms with Crippen molar-refractivity contribution in [1.29, 1.82) is 0 Å². The van der Waals surface area contributed by atoms with Gasteiger partial charge < -0.3 is 4.74 Å². The van der Waals surface area contributed by atoms with Crippen molar-refractivity contribution in [2.24, 2.45) is 4.99 Å². The highest BCUT2D eigenvalue weighted by molar-refractivity contribution is 6.03. The van der Waals surface area contributed by atoms with Crippen LogP contribution in [0.5, 0.6) is 5.75 Å². The molecule has 1 aliphatic heterocycles. The molecule has 19 heavy (non-hydrogen) atoms. The second-order valence-corrected chi connectivity index (χ2v) is 4.89. The van der Waals surface area contributed by atoms with E-state index in [2.05, 4.69) is 4.99 Å². The van der Waals surface area contributed by atoms with Crippen LogP contribution >= 0.6 is 0 Å². The minimum Gasteiger partial charge on any atom is -0.466 e. The fourth-order valence-electron chi connectivity index (χ4n) is 2.13. The molecule has 0 saturated heterocycles. The van der Waals surface area contributed by atoms with E-state index in [0.717, 1.165) is 11.3 Å². The first-order chi connectivity index (χ1) is 9.07. The van der Waals surface area contributed by atoms with Crippen LogP contribution in [-0.2, 0) is 0 Å². The van der Waals surface area contributed by atoms with Gasteiger partial charge in [0.05, 0.1) is 5.56 Å². The lowest BCUT2D eigenvalue weighted by molar-refractivity contribution is 0.114. The van der Waals surface area contributed by atoms with Gasteiger partial charge in [-0.25, -0.2) is 4.99 Å². The second-order valence-electron chi connectivity index (χ2n) is 4.89. The molecule has 0 radical (unpaired) electrons. The van der Waals surface area contributed by atoms with Crippen LogP contribution in [0.1, 0.15) is 19.4 Å². The van der Waals surface area contributed by atoms with Gasteiger partial charge in [-0.2, -0.15) is 0 Å². The maximum absolute atomic E-state index is 12.0. The van der Waals surface area contributed by atoms with E-state index in [4.69, 9.17) is 4.74 Å². The van der Waals surface area contributed by atoms with Gasteiger partial charge in [0.15, 0.2) is 5.72 Å². The molecule has 2 aromatic rings. The van der Waals surface area contributed by atoms with Gasteiger partial charge in [0.25, 0.3) is 5.56 Å². The highest BCUT2D eigenvalue weighted by Crippen LogP contribution is 2.29. The maximum atomic E-state index is 12.0. The highest BCUT2D eigenvalue weighted by Gasteiger charge is 2.28. The molecule has 0 bridgehead atoms. The highest BCUT2D eigenvalue weighted by atomic mass is 16.5. The number of hydrogen-bond acceptors (Lipinski definition) is 3. The standard InChI is InChI=1S/C15H14N2O2/c1-15(2)16-14(17-10-6-5-9-13(17)18)11-7-3-4-8-12(11)19-15/h3-10H,1-2H3. The molecule has 1 aliphatic rings. The second kappa shape index (κ2) is 4.09. The quantitative estimate of drug-likeness (QED) is 0.724. The van der Waals surface area contributed by atoms with Crippen molar-refractivity contribution in [3.8, 4) is 5.75 Å². The summed E-state index contributed by atoms with van der Waals surface area (Å²) in [6, 6.07) is 12.7. The van der Waals surface area contributed by atoms with Crippen molar-refractivity contribution in [2.45, 2.75) is 19.6 Å². The molecule has 4 heteroatoms. The molecular weight excluding hydrogens is 240 g/mol. The molecule has 0 spiro atoms. The predicted molar refractivity (Wildman–Crippen MR) is 73.8 cm³/mol. The number of ether oxygens (including phenoxy) is 1. The van der Waals surface area contributed by atoms with Gasteiger partial charge in [0.1, 0.15) is 11.6 Å². The average molecular weight is 254 g/mol. The summed E-state index contributed by atoms with van der Waals surface area (Å²) in [5.74, 6) is 1.37. The van der Waals surface area contributed by atoms with Crippen molar-refractivity contribution in [3.63, 3.8) is 0 Å². The molecule has 0 amide bonds. The Morgan fingerprint density at radius 1 is 1.11 bits per heavy atom. The summed E-state index contributed by atoms with van der Waals surface area (Å²) in [4.78, 5) is 16.5. The van der Waals surface area contributed by atoms with Gasteiger partial charge in [-0.1, -0.05) is 18.2 Å². The summed E-state index contributed by atoms with van der Waals surface area (Å²) in [7, 11) is 0. The van der Waals surface area contributed by atoms with E-state index in [-0.39, 0.29) is 5.56 Å². The molecule has 0 saturated carbocycles. The number of aliphatic imine (C=N–C) groups is 1. The van der Waals surface area contributed by atoms with Gasteiger partial charge in [-0.15, -0.1) is 0 Å². The number of fused-ring (bicyclic) bond motifs is 1. The Bertz CT molecular complexity index is 714. The van der Waals surface area contributed by atoms with Crippen LogP contribution < -0.4 is 10.3 Å². The number of rotatable bonds is 0. The number of aromatic nitrogens is 1. The lowest BCUT2D eigenvalue weighted by Crippen LogP contribution is -2.37. The molecule has 96 valence electrons. The number of benzene rings is 1. The van der Waals surface area contributed by atoms with Crippen LogP contribution in [0.2, 0.25) is 0 Å². The number of hydrogen-bond donors (Lipinski definition) is 0. The minimum atomic E-state index is -0.682. The smallest absolute Gasteiger partial charge is 0.256 e. The molecule has 0 fully saturated rings. The predicted octanol–water partition coefficient (Wildman–Crippen LogP) is 2.27. The van der Waals surface area contributed by atoms with Crippen molar-refractivity contribution >= 4 is 5.84 Å². The van der Waals surface area contributed by atoms with Gasteiger partial charge in [0.2, 0.25) is 0 Å². The monoisotopic (exact) mass is 254 g/mol. The molecule has 0 unspecified atom stereocenters. The summed E-state index contributed by atoms with van der Waals surface area (Å²) in [5, 5.41) is 0. The van der Waals surface area contributed by atoms with E-state index < -0.39 is 5.72 Å². The summed E-state index contributed by atoms with van der Waals surface area (Å²) >= 11 is 0. The summed E-state index contributed by atoms with van der Waals surface area (Å²) in [5.41, 5.74) is 0.0442. The zero-order chi connectivity index (χ0) is 13.5. The van der Waals surface area contributed by atoms with Gasteiger partial charge in [0, 0.05) is 12.3 Å². The molecule has 0 N–H and O–H groups in total. The lowest BCUT2D eigenvalue weighted by atomic mass is 10.1. The number of nitrogens with zero attached hydrogens (tertiary/aromatic N) is 2. The molecule has 3 rings (SSSR count). The topological polar surface area (TPSA) is 43.6 Å². The Hall–Kier alpha value is -2.36. The molecular formula is C15H14N2O2. The Morgan fingerprint density at radius 3 is 2.63 bits per heavy atom. The van der Waals surface area contributed by atoms with E-state index in [0.29, 0.717) is 5.84 Å². The Labute approximate surface area is 111 Å². The van der Waals surface area contributed by atoms with Crippen LogP contribution in [0, 0.1) is 0 Å². The van der Waals surface area contributed by atoms with Crippen LogP contribution in [0.15, 0.2) is 58.4 Å². The summed E-state index contributed by atoms with van der Waals surface area (Å²) in [6.45, 7) is 3.74. The lowest BCUT2D eigenvalue weighted by Gasteiger charge is -2.30. The third-order valence-corrected chi connectivity index (χ3v) is 2.91. The summed E-state index contributed by atoms with van der Waals surface area (Å²) in [6.07, 6.45) is 1.72. The van der Waals surface area contributed by atoms with E-state index >= 15 is 0 Å². The fourth-order valence-corrected chi connectivity index (χ4v) is 2.13. The molecule has 4 nitrogen and oxygen atoms in total. The Balaban J connectivity index is 2.27. The van der Waals surface area contributed by atoms with Crippen LogP contribution in [0.4, 0.5) is 0 Å². The molecule has 2 heterocycles. The first-order valence-electron chi connectivity index (χ1n) is 6.13. The van der Waals surface area contributed by atoms with Crippen LogP contribution in [0.25, 0.3) is 0 Å². The van der Waals surface area contributed by atoms with E-state index in [1.165, 1.54) is 6.07 Å². The number of para-hydroxylation sites is 1. The van der Waals surface area contributed by atoms with Crippen LogP contribution in [-0.4, -0.2) is 16.1 Å². The summed E-state index contributed by atoms with van der Waals surface area (Å²) < 4.78 is 7.35. The molecule has 1 aromatic heterocycles. The number of pyridine rings is 1. The van der Waals surface area contributed by atoms with Crippen molar-refractivity contribution in [3.05, 3.63) is 64.6 Å². The Kier molecular flexibility index (Phi) is 2.52. The molecule has 1 aromatic carbocycles. The fraction of sp³-hybridized carbons (Fsp3) is 0.200. The van der Waals surface area contributed by atoms with Crippen LogP contribution in [0.3, 0.4) is 0 Å². The SMILES string of the molecule is CC1(C)N=C(n2ccccc2=O)c2ccccc2O1. The zero-order valence-corrected chi connectivity index (χ0v) is 10.8. The maximum Gasteiger partial charge on any atom is 0.256 e. The van der Waals surface area contributed by atoms with E-state index in [1.54, 1.807) is 16.8 Å². The zero-order valence-electron chi connectivity index (χ0n) is 10.8. The first-order valence-corrected chi connectivity index (χ1v) is 6.13. The van der Waals surface area contributed by atoms with Crippen molar-refractivity contribution < 1.29 is 4.74 Å². The van der Waals surface area contributed by atoms with E-state index in [9.17, 15) is 4.79 Å². The van der Waals surface area contributed by atoms with Gasteiger partial charge in [-0.05, 0) is 32.0 Å². The van der Waals surface area contributed by atoms with Gasteiger partial charge in [-0.3, -0.25) is 9.36 Å².